The SMILES string of the molecule is CCC1NC(c2ccc3c(c2)CC[C@H]3C(=O)NC2CCNN2C)NO1. The fourth-order valence-corrected chi connectivity index (χ4v) is 3.97. The van der Waals surface area contributed by atoms with E-state index in [0.717, 1.165) is 37.8 Å². The number of rotatable bonds is 4. The lowest BCUT2D eigenvalue weighted by atomic mass is 9.98. The molecule has 4 atom stereocenters. The zero-order chi connectivity index (χ0) is 17.4. The molecular weight excluding hydrogens is 318 g/mol. The van der Waals surface area contributed by atoms with E-state index >= 15 is 0 Å². The fourth-order valence-electron chi connectivity index (χ4n) is 3.97. The van der Waals surface area contributed by atoms with Crippen molar-refractivity contribution in [3.63, 3.8) is 0 Å². The van der Waals surface area contributed by atoms with Gasteiger partial charge in [0.15, 0.2) is 0 Å². The average Bonchev–Trinajstić information content (AvgIpc) is 3.34. The summed E-state index contributed by atoms with van der Waals surface area (Å²) in [5, 5.41) is 8.57. The first-order chi connectivity index (χ1) is 12.2. The van der Waals surface area contributed by atoms with Crippen LogP contribution in [0.1, 0.15) is 55.0 Å². The van der Waals surface area contributed by atoms with Crippen molar-refractivity contribution in [2.75, 3.05) is 13.6 Å². The summed E-state index contributed by atoms with van der Waals surface area (Å²) in [5.74, 6) is 0.0979. The van der Waals surface area contributed by atoms with Crippen LogP contribution in [0.25, 0.3) is 0 Å². The number of benzene rings is 1. The van der Waals surface area contributed by atoms with E-state index in [4.69, 9.17) is 4.84 Å². The molecule has 2 heterocycles. The van der Waals surface area contributed by atoms with Crippen molar-refractivity contribution in [3.8, 4) is 0 Å². The normalized spacial score (nSPS) is 32.1. The van der Waals surface area contributed by atoms with Crippen molar-refractivity contribution in [1.29, 1.82) is 0 Å². The molecule has 7 heteroatoms. The van der Waals surface area contributed by atoms with Crippen LogP contribution < -0.4 is 21.5 Å². The fraction of sp³-hybridized carbons (Fsp3) is 0.611. The summed E-state index contributed by atoms with van der Waals surface area (Å²) in [6.45, 7) is 3.00. The highest BCUT2D eigenvalue weighted by Gasteiger charge is 2.33. The van der Waals surface area contributed by atoms with Crippen LogP contribution >= 0.6 is 0 Å². The molecule has 136 valence electrons. The molecule has 4 rings (SSSR count). The minimum atomic E-state index is -0.0396. The van der Waals surface area contributed by atoms with Gasteiger partial charge in [0.05, 0.1) is 12.1 Å². The molecule has 25 heavy (non-hydrogen) atoms. The zero-order valence-electron chi connectivity index (χ0n) is 14.8. The number of nitrogens with one attached hydrogen (secondary N) is 4. The number of aryl methyl sites for hydroxylation is 1. The number of nitrogens with zero attached hydrogens (tertiary/aromatic N) is 1. The minimum absolute atomic E-state index is 0.0151. The molecule has 1 aromatic carbocycles. The largest absolute Gasteiger partial charge is 0.339 e. The second kappa shape index (κ2) is 7.01. The third-order valence-electron chi connectivity index (χ3n) is 5.50. The van der Waals surface area contributed by atoms with Crippen LogP contribution in [-0.2, 0) is 16.1 Å². The van der Waals surface area contributed by atoms with Gasteiger partial charge in [-0.3, -0.25) is 20.4 Å². The highest BCUT2D eigenvalue weighted by atomic mass is 16.7. The number of amides is 1. The van der Waals surface area contributed by atoms with Gasteiger partial charge in [0, 0.05) is 13.6 Å². The van der Waals surface area contributed by atoms with Crippen LogP contribution in [-0.4, -0.2) is 36.9 Å². The topological polar surface area (TPSA) is 77.7 Å². The third-order valence-corrected chi connectivity index (χ3v) is 5.50. The van der Waals surface area contributed by atoms with Gasteiger partial charge in [-0.05, 0) is 42.4 Å². The van der Waals surface area contributed by atoms with Gasteiger partial charge in [0.1, 0.15) is 12.4 Å². The predicted octanol–water partition coefficient (Wildman–Crippen LogP) is 0.858. The molecular formula is C18H27N5O2. The average molecular weight is 345 g/mol. The molecule has 3 unspecified atom stereocenters. The lowest BCUT2D eigenvalue weighted by Crippen LogP contribution is -2.46. The summed E-state index contributed by atoms with van der Waals surface area (Å²) < 4.78 is 0. The van der Waals surface area contributed by atoms with E-state index in [1.54, 1.807) is 0 Å². The quantitative estimate of drug-likeness (QED) is 0.648. The second-order valence-corrected chi connectivity index (χ2v) is 7.11. The van der Waals surface area contributed by atoms with Gasteiger partial charge in [0.2, 0.25) is 5.91 Å². The van der Waals surface area contributed by atoms with E-state index in [-0.39, 0.29) is 30.4 Å². The molecule has 2 saturated heterocycles. The maximum atomic E-state index is 12.7. The second-order valence-electron chi connectivity index (χ2n) is 7.11. The van der Waals surface area contributed by atoms with E-state index in [1.807, 2.05) is 12.1 Å². The molecule has 0 radical (unpaired) electrons. The predicted molar refractivity (Wildman–Crippen MR) is 94.0 cm³/mol. The lowest BCUT2D eigenvalue weighted by Gasteiger charge is -2.22. The Labute approximate surface area is 148 Å². The van der Waals surface area contributed by atoms with Crippen molar-refractivity contribution in [1.82, 2.24) is 26.5 Å². The maximum Gasteiger partial charge on any atom is 0.228 e. The first-order valence-electron chi connectivity index (χ1n) is 9.22. The smallest absolute Gasteiger partial charge is 0.228 e. The van der Waals surface area contributed by atoms with Gasteiger partial charge < -0.3 is 5.32 Å². The van der Waals surface area contributed by atoms with Gasteiger partial charge in [-0.2, -0.15) is 5.48 Å². The van der Waals surface area contributed by atoms with Crippen molar-refractivity contribution < 1.29 is 9.63 Å². The Morgan fingerprint density at radius 2 is 2.28 bits per heavy atom. The van der Waals surface area contributed by atoms with Crippen molar-refractivity contribution in [2.45, 2.75) is 57.1 Å². The Kier molecular flexibility index (Phi) is 4.75. The molecule has 7 nitrogen and oxygen atoms in total. The molecule has 1 aliphatic carbocycles. The number of hydrazine groups is 1. The molecule has 0 spiro atoms. The summed E-state index contributed by atoms with van der Waals surface area (Å²) in [6.07, 6.45) is 3.85. The third kappa shape index (κ3) is 3.30. The summed E-state index contributed by atoms with van der Waals surface area (Å²) in [7, 11) is 1.97. The Bertz CT molecular complexity index is 652. The number of hydrogen-bond acceptors (Lipinski definition) is 6. The summed E-state index contributed by atoms with van der Waals surface area (Å²) in [6, 6.07) is 6.42. The first-order valence-corrected chi connectivity index (χ1v) is 9.22. The first kappa shape index (κ1) is 16.9. The Hall–Kier alpha value is -1.51. The van der Waals surface area contributed by atoms with Gasteiger partial charge in [-0.15, -0.1) is 0 Å². The monoisotopic (exact) mass is 345 g/mol. The number of hydroxylamine groups is 1. The number of hydrogen-bond donors (Lipinski definition) is 4. The van der Waals surface area contributed by atoms with Crippen LogP contribution in [0, 0.1) is 0 Å². The van der Waals surface area contributed by atoms with Gasteiger partial charge in [-0.25, -0.2) is 5.01 Å². The Morgan fingerprint density at radius 1 is 1.40 bits per heavy atom. The molecule has 0 bridgehead atoms. The van der Waals surface area contributed by atoms with Crippen LogP contribution in [0.4, 0.5) is 0 Å². The summed E-state index contributed by atoms with van der Waals surface area (Å²) in [5.41, 5.74) is 9.88. The van der Waals surface area contributed by atoms with Crippen LogP contribution in [0.15, 0.2) is 18.2 Å². The molecule has 2 fully saturated rings. The van der Waals surface area contributed by atoms with Crippen LogP contribution in [0.5, 0.6) is 0 Å². The Morgan fingerprint density at radius 3 is 3.00 bits per heavy atom. The van der Waals surface area contributed by atoms with Gasteiger partial charge in [0.25, 0.3) is 0 Å². The number of carbonyl (C=O) groups excluding carboxylic acids is 1. The standard InChI is InChI=1S/C18H27N5O2/c1-3-16-21-17(22-25-16)12-5-6-13-11(10-12)4-7-14(13)18(24)20-15-8-9-19-23(15)2/h5-6,10,14-17,19,21-22H,3-4,7-9H2,1-2H3,(H,20,24)/t14-,15?,16?,17?/m1/s1. The van der Waals surface area contributed by atoms with E-state index < -0.39 is 0 Å². The molecule has 0 saturated carbocycles. The number of carbonyl (C=O) groups is 1. The van der Waals surface area contributed by atoms with E-state index in [0.29, 0.717) is 0 Å². The minimum Gasteiger partial charge on any atom is -0.339 e. The zero-order valence-corrected chi connectivity index (χ0v) is 14.8. The highest BCUT2D eigenvalue weighted by Crippen LogP contribution is 2.35. The van der Waals surface area contributed by atoms with Crippen molar-refractivity contribution >= 4 is 5.91 Å². The lowest BCUT2D eigenvalue weighted by molar-refractivity contribution is -0.124. The maximum absolute atomic E-state index is 12.7. The highest BCUT2D eigenvalue weighted by molar-refractivity contribution is 5.85. The van der Waals surface area contributed by atoms with Gasteiger partial charge >= 0.3 is 0 Å². The Balaban J connectivity index is 1.45. The van der Waals surface area contributed by atoms with Crippen LogP contribution in [0.2, 0.25) is 0 Å². The molecule has 1 aromatic rings. The molecule has 1 amide bonds. The van der Waals surface area contributed by atoms with Crippen molar-refractivity contribution in [2.24, 2.45) is 0 Å². The number of fused-ring (bicyclic) bond motifs is 1. The molecule has 0 aromatic heterocycles. The molecule has 3 aliphatic rings. The van der Waals surface area contributed by atoms with E-state index in [1.165, 1.54) is 11.1 Å². The molecule has 2 aliphatic heterocycles. The van der Waals surface area contributed by atoms with Gasteiger partial charge in [-0.1, -0.05) is 25.1 Å². The summed E-state index contributed by atoms with van der Waals surface area (Å²) >= 11 is 0. The van der Waals surface area contributed by atoms with E-state index in [9.17, 15) is 4.79 Å². The summed E-state index contributed by atoms with van der Waals surface area (Å²) in [4.78, 5) is 18.2. The van der Waals surface area contributed by atoms with Crippen LogP contribution in [0.3, 0.4) is 0 Å². The van der Waals surface area contributed by atoms with Crippen molar-refractivity contribution in [3.05, 3.63) is 34.9 Å². The van der Waals surface area contributed by atoms with E-state index in [2.05, 4.69) is 46.7 Å². The molecule has 4 N–H and O–H groups in total.